The van der Waals surface area contributed by atoms with Crippen LogP contribution in [0.4, 0.5) is 17.3 Å². The maximum Gasteiger partial charge on any atom is 0.228 e. The zero-order valence-corrected chi connectivity index (χ0v) is 17.1. The first-order valence-electron chi connectivity index (χ1n) is 9.89. The fourth-order valence-corrected chi connectivity index (χ4v) is 3.15. The quantitative estimate of drug-likeness (QED) is 0.580. The van der Waals surface area contributed by atoms with Crippen molar-refractivity contribution in [3.05, 3.63) is 41.9 Å². The van der Waals surface area contributed by atoms with E-state index >= 15 is 0 Å². The van der Waals surface area contributed by atoms with Crippen LogP contribution in [0.15, 0.2) is 30.7 Å². The summed E-state index contributed by atoms with van der Waals surface area (Å²) in [5.74, 6) is 0.973. The largest absolute Gasteiger partial charge is 0.339 e. The Morgan fingerprint density at radius 2 is 2.03 bits per heavy atom. The summed E-state index contributed by atoms with van der Waals surface area (Å²) in [6, 6.07) is 3.55. The van der Waals surface area contributed by atoms with Crippen molar-refractivity contribution in [1.29, 1.82) is 0 Å². The third-order valence-electron chi connectivity index (χ3n) is 5.06. The molecule has 9 nitrogen and oxygen atoms in total. The highest BCUT2D eigenvalue weighted by atomic mass is 16.2. The van der Waals surface area contributed by atoms with Crippen LogP contribution in [0.25, 0.3) is 11.3 Å². The minimum absolute atomic E-state index is 0.0398. The number of aromatic nitrogens is 5. The molecule has 4 rings (SSSR count). The van der Waals surface area contributed by atoms with Crippen LogP contribution in [0.5, 0.6) is 0 Å². The number of rotatable bonds is 7. The lowest BCUT2D eigenvalue weighted by molar-refractivity contribution is -0.117. The SMILES string of the molecule is CCC(=O)c1cnc(NC(=O)C2CC2)cc1Nc1nccc(-c2cnn(C)n2)c1C. The van der Waals surface area contributed by atoms with Crippen molar-refractivity contribution in [2.24, 2.45) is 13.0 Å². The molecule has 0 unspecified atom stereocenters. The van der Waals surface area contributed by atoms with Crippen LogP contribution < -0.4 is 10.6 Å². The van der Waals surface area contributed by atoms with Gasteiger partial charge in [-0.25, -0.2) is 9.97 Å². The van der Waals surface area contributed by atoms with E-state index in [9.17, 15) is 9.59 Å². The topological polar surface area (TPSA) is 115 Å². The zero-order valence-electron chi connectivity index (χ0n) is 17.1. The second-order valence-electron chi connectivity index (χ2n) is 7.33. The Balaban J connectivity index is 1.68. The first-order chi connectivity index (χ1) is 14.5. The van der Waals surface area contributed by atoms with Crippen LogP contribution in [0.1, 0.15) is 42.1 Å². The number of nitrogens with one attached hydrogen (secondary N) is 2. The van der Waals surface area contributed by atoms with E-state index in [4.69, 9.17) is 0 Å². The van der Waals surface area contributed by atoms with Gasteiger partial charge in [0.25, 0.3) is 0 Å². The van der Waals surface area contributed by atoms with Gasteiger partial charge < -0.3 is 10.6 Å². The molecule has 2 N–H and O–H groups in total. The molecule has 3 aromatic rings. The van der Waals surface area contributed by atoms with Crippen molar-refractivity contribution < 1.29 is 9.59 Å². The standard InChI is InChI=1S/C21H23N7O2/c1-4-18(29)15-10-23-19(26-21(30)13-5-6-13)9-16(15)25-20-12(2)14(7-8-22-20)17-11-24-28(3)27-17/h7-11,13H,4-6H2,1-3H3,(H2,22,23,25,26,30). The van der Waals surface area contributed by atoms with Crippen LogP contribution in [0.2, 0.25) is 0 Å². The molecule has 30 heavy (non-hydrogen) atoms. The molecule has 154 valence electrons. The number of hydrogen-bond donors (Lipinski definition) is 2. The Morgan fingerprint density at radius 3 is 2.70 bits per heavy atom. The fraction of sp³-hybridized carbons (Fsp3) is 0.333. The summed E-state index contributed by atoms with van der Waals surface area (Å²) in [7, 11) is 1.76. The normalized spacial score (nSPS) is 13.2. The number of anilines is 3. The number of nitrogens with zero attached hydrogens (tertiary/aromatic N) is 5. The maximum atomic E-state index is 12.4. The van der Waals surface area contributed by atoms with E-state index in [1.807, 2.05) is 13.0 Å². The minimum Gasteiger partial charge on any atom is -0.339 e. The van der Waals surface area contributed by atoms with Crippen LogP contribution in [-0.4, -0.2) is 36.7 Å². The monoisotopic (exact) mass is 405 g/mol. The number of pyridine rings is 2. The molecule has 0 aliphatic heterocycles. The van der Waals surface area contributed by atoms with Gasteiger partial charge >= 0.3 is 0 Å². The average Bonchev–Trinajstić information content (AvgIpc) is 3.50. The van der Waals surface area contributed by atoms with Gasteiger partial charge in [-0.05, 0) is 25.8 Å². The Hall–Kier alpha value is -3.62. The van der Waals surface area contributed by atoms with Gasteiger partial charge in [0, 0.05) is 49.0 Å². The predicted molar refractivity (Wildman–Crippen MR) is 112 cm³/mol. The Kier molecular flexibility index (Phi) is 5.26. The molecule has 0 radical (unpaired) electrons. The number of hydrogen-bond acceptors (Lipinski definition) is 7. The molecular formula is C21H23N7O2. The van der Waals surface area contributed by atoms with Crippen molar-refractivity contribution in [2.75, 3.05) is 10.6 Å². The lowest BCUT2D eigenvalue weighted by Crippen LogP contribution is -2.15. The summed E-state index contributed by atoms with van der Waals surface area (Å²) < 4.78 is 0. The van der Waals surface area contributed by atoms with Gasteiger partial charge in [0.2, 0.25) is 5.91 Å². The molecule has 9 heteroatoms. The molecule has 1 fully saturated rings. The number of Topliss-reactive ketones (excluding diaryl/α,β-unsaturated/α-hetero) is 1. The predicted octanol–water partition coefficient (Wildman–Crippen LogP) is 3.27. The number of carbonyl (C=O) groups excluding carboxylic acids is 2. The Labute approximate surface area is 173 Å². The highest BCUT2D eigenvalue weighted by molar-refractivity contribution is 6.02. The Bertz CT molecular complexity index is 1120. The number of ketones is 1. The first kappa shape index (κ1) is 19.7. The number of aryl methyl sites for hydroxylation is 1. The van der Waals surface area contributed by atoms with Gasteiger partial charge in [-0.1, -0.05) is 6.92 Å². The lowest BCUT2D eigenvalue weighted by Gasteiger charge is -2.15. The third-order valence-corrected chi connectivity index (χ3v) is 5.06. The smallest absolute Gasteiger partial charge is 0.228 e. The number of carbonyl (C=O) groups is 2. The molecule has 0 bridgehead atoms. The van der Waals surface area contributed by atoms with Crippen LogP contribution in [-0.2, 0) is 11.8 Å². The lowest BCUT2D eigenvalue weighted by atomic mass is 10.1. The summed E-state index contributed by atoms with van der Waals surface area (Å²) >= 11 is 0. The van der Waals surface area contributed by atoms with Gasteiger partial charge in [-0.15, -0.1) is 0 Å². The third kappa shape index (κ3) is 4.05. The fourth-order valence-electron chi connectivity index (χ4n) is 3.15. The van der Waals surface area contributed by atoms with Gasteiger partial charge in [0.1, 0.15) is 17.3 Å². The van der Waals surface area contributed by atoms with E-state index in [1.165, 1.54) is 11.0 Å². The van der Waals surface area contributed by atoms with E-state index in [0.29, 0.717) is 29.3 Å². The molecular weight excluding hydrogens is 382 g/mol. The highest BCUT2D eigenvalue weighted by Crippen LogP contribution is 2.32. The molecule has 1 aliphatic rings. The summed E-state index contributed by atoms with van der Waals surface area (Å²) in [5.41, 5.74) is 3.49. The second-order valence-corrected chi connectivity index (χ2v) is 7.33. The summed E-state index contributed by atoms with van der Waals surface area (Å²) in [5, 5.41) is 14.6. The molecule has 3 aromatic heterocycles. The van der Waals surface area contributed by atoms with Crippen molar-refractivity contribution >= 4 is 29.0 Å². The Morgan fingerprint density at radius 1 is 1.23 bits per heavy atom. The summed E-state index contributed by atoms with van der Waals surface area (Å²) in [6.45, 7) is 3.73. The van der Waals surface area contributed by atoms with Crippen molar-refractivity contribution in [2.45, 2.75) is 33.1 Å². The van der Waals surface area contributed by atoms with Crippen LogP contribution in [0.3, 0.4) is 0 Å². The summed E-state index contributed by atoms with van der Waals surface area (Å²) in [6.07, 6.45) is 7.02. The maximum absolute atomic E-state index is 12.4. The van der Waals surface area contributed by atoms with E-state index in [-0.39, 0.29) is 17.6 Å². The molecule has 3 heterocycles. The van der Waals surface area contributed by atoms with Gasteiger partial charge in [-0.2, -0.15) is 15.0 Å². The molecule has 1 aliphatic carbocycles. The highest BCUT2D eigenvalue weighted by Gasteiger charge is 2.30. The minimum atomic E-state index is -0.0483. The van der Waals surface area contributed by atoms with Crippen LogP contribution in [0, 0.1) is 12.8 Å². The summed E-state index contributed by atoms with van der Waals surface area (Å²) in [4.78, 5) is 34.7. The molecule has 0 saturated heterocycles. The molecule has 0 atom stereocenters. The van der Waals surface area contributed by atoms with Crippen molar-refractivity contribution in [3.8, 4) is 11.3 Å². The van der Waals surface area contributed by atoms with E-state index in [2.05, 4.69) is 30.8 Å². The zero-order chi connectivity index (χ0) is 21.3. The van der Waals surface area contributed by atoms with E-state index in [1.54, 1.807) is 32.4 Å². The van der Waals surface area contributed by atoms with E-state index in [0.717, 1.165) is 29.7 Å². The molecule has 1 saturated carbocycles. The molecule has 0 spiro atoms. The molecule has 1 amide bonds. The van der Waals surface area contributed by atoms with E-state index < -0.39 is 0 Å². The van der Waals surface area contributed by atoms with Gasteiger partial charge in [0.05, 0.1) is 17.4 Å². The number of amides is 1. The van der Waals surface area contributed by atoms with Gasteiger partial charge in [0.15, 0.2) is 5.78 Å². The van der Waals surface area contributed by atoms with Crippen molar-refractivity contribution in [3.63, 3.8) is 0 Å². The first-order valence-corrected chi connectivity index (χ1v) is 9.89. The second kappa shape index (κ2) is 8.02. The molecule has 0 aromatic carbocycles. The van der Waals surface area contributed by atoms with Gasteiger partial charge in [-0.3, -0.25) is 9.59 Å². The van der Waals surface area contributed by atoms with Crippen LogP contribution >= 0.6 is 0 Å². The van der Waals surface area contributed by atoms with Crippen molar-refractivity contribution in [1.82, 2.24) is 25.0 Å². The average molecular weight is 405 g/mol.